The maximum Gasteiger partial charge on any atom is 0.0192 e. The molecule has 6 aromatic carbocycles. The number of aryl methyl sites for hydroxylation is 1. The topological polar surface area (TPSA) is 49.9 Å². The summed E-state index contributed by atoms with van der Waals surface area (Å²) in [6.07, 6.45) is 3.88. The summed E-state index contributed by atoms with van der Waals surface area (Å²) in [5.74, 6) is 0. The number of allylic oxidation sites excluding steroid dienone is 1. The highest BCUT2D eigenvalue weighted by Gasteiger charge is 2.14. The molecule has 0 aliphatic carbocycles. The van der Waals surface area contributed by atoms with Crippen molar-refractivity contribution in [3.63, 3.8) is 0 Å². The molecule has 3 N–H and O–H groups in total. The van der Waals surface area contributed by atoms with Gasteiger partial charge in [-0.05, 0) is 91.5 Å². The zero-order valence-corrected chi connectivity index (χ0v) is 20.3. The van der Waals surface area contributed by atoms with E-state index in [4.69, 9.17) is 11.1 Å². The minimum Gasteiger partial charge on any atom is -0.405 e. The van der Waals surface area contributed by atoms with E-state index < -0.39 is 0 Å². The summed E-state index contributed by atoms with van der Waals surface area (Å²) in [6, 6.07) is 41.8. The minimum absolute atomic E-state index is 1.12. The largest absolute Gasteiger partial charge is 0.405 e. The van der Waals surface area contributed by atoms with Crippen molar-refractivity contribution in [2.45, 2.75) is 6.92 Å². The lowest BCUT2D eigenvalue weighted by molar-refractivity contribution is 1.56. The highest BCUT2D eigenvalue weighted by atomic mass is 14.5. The molecular formula is C34H28N2. The predicted octanol–water partition coefficient (Wildman–Crippen LogP) is 8.90. The molecule has 2 nitrogen and oxygen atoms in total. The van der Waals surface area contributed by atoms with E-state index in [9.17, 15) is 0 Å². The summed E-state index contributed by atoms with van der Waals surface area (Å²) in [7, 11) is 0. The van der Waals surface area contributed by atoms with Gasteiger partial charge in [-0.15, -0.1) is 0 Å². The zero-order chi connectivity index (χ0) is 24.9. The molecule has 2 heteroatoms. The first-order valence-electron chi connectivity index (χ1n) is 12.1. The van der Waals surface area contributed by atoms with Crippen molar-refractivity contribution in [3.8, 4) is 22.3 Å². The molecule has 0 aliphatic rings. The predicted molar refractivity (Wildman–Crippen MR) is 157 cm³/mol. The van der Waals surface area contributed by atoms with E-state index in [2.05, 4.69) is 122 Å². The van der Waals surface area contributed by atoms with E-state index in [0.717, 1.165) is 6.21 Å². The quantitative estimate of drug-likeness (QED) is 0.199. The van der Waals surface area contributed by atoms with Gasteiger partial charge in [-0.1, -0.05) is 103 Å². The molecule has 174 valence electrons. The van der Waals surface area contributed by atoms with Crippen molar-refractivity contribution >= 4 is 38.5 Å². The Balaban J connectivity index is 0.000000489. The minimum atomic E-state index is 1.12. The SMILES string of the molecule is Cc1c2ccccc2c(-c2ccccc2)c2cc(-c3ccc4ccccc4c3)ccc12.N=C/C=C\N. The van der Waals surface area contributed by atoms with Crippen LogP contribution in [0.1, 0.15) is 5.56 Å². The summed E-state index contributed by atoms with van der Waals surface area (Å²) in [5.41, 5.74) is 11.2. The van der Waals surface area contributed by atoms with Gasteiger partial charge in [0.05, 0.1) is 0 Å². The Bertz CT molecular complexity index is 1710. The summed E-state index contributed by atoms with van der Waals surface area (Å²) < 4.78 is 0. The summed E-state index contributed by atoms with van der Waals surface area (Å²) in [5, 5.41) is 14.1. The first-order valence-corrected chi connectivity index (χ1v) is 12.1. The Labute approximate surface area is 211 Å². The van der Waals surface area contributed by atoms with Gasteiger partial charge in [0.2, 0.25) is 0 Å². The molecule has 0 saturated carbocycles. The Kier molecular flexibility index (Phi) is 6.59. The third-order valence-electron chi connectivity index (χ3n) is 6.65. The fraction of sp³-hybridized carbons (Fsp3) is 0.0294. The van der Waals surface area contributed by atoms with Crippen molar-refractivity contribution in [1.29, 1.82) is 5.41 Å². The summed E-state index contributed by atoms with van der Waals surface area (Å²) >= 11 is 0. The van der Waals surface area contributed by atoms with E-state index in [1.807, 2.05) is 0 Å². The van der Waals surface area contributed by atoms with Crippen LogP contribution in [-0.2, 0) is 0 Å². The van der Waals surface area contributed by atoms with Crippen molar-refractivity contribution in [2.24, 2.45) is 5.73 Å². The van der Waals surface area contributed by atoms with Gasteiger partial charge in [0.1, 0.15) is 0 Å². The van der Waals surface area contributed by atoms with Crippen LogP contribution < -0.4 is 5.73 Å². The number of nitrogens with one attached hydrogen (secondary N) is 1. The van der Waals surface area contributed by atoms with Gasteiger partial charge < -0.3 is 11.1 Å². The average molecular weight is 465 g/mol. The van der Waals surface area contributed by atoms with Crippen LogP contribution in [0.3, 0.4) is 0 Å². The lowest BCUT2D eigenvalue weighted by Crippen LogP contribution is -1.90. The van der Waals surface area contributed by atoms with E-state index in [0.29, 0.717) is 0 Å². The molecule has 0 spiro atoms. The van der Waals surface area contributed by atoms with Gasteiger partial charge in [-0.3, -0.25) is 0 Å². The monoisotopic (exact) mass is 464 g/mol. The summed E-state index contributed by atoms with van der Waals surface area (Å²) in [4.78, 5) is 0. The molecule has 0 fully saturated rings. The third-order valence-corrected chi connectivity index (χ3v) is 6.65. The molecule has 0 aromatic heterocycles. The van der Waals surface area contributed by atoms with Crippen LogP contribution in [0.5, 0.6) is 0 Å². The molecule has 6 rings (SSSR count). The fourth-order valence-corrected chi connectivity index (χ4v) is 4.92. The highest BCUT2D eigenvalue weighted by Crippen LogP contribution is 2.40. The first kappa shape index (κ1) is 23.1. The van der Waals surface area contributed by atoms with Crippen molar-refractivity contribution in [2.75, 3.05) is 0 Å². The Morgan fingerprint density at radius 1 is 0.556 bits per heavy atom. The van der Waals surface area contributed by atoms with Crippen molar-refractivity contribution in [1.82, 2.24) is 0 Å². The van der Waals surface area contributed by atoms with E-state index in [1.165, 1.54) is 72.4 Å². The number of hydrogen-bond acceptors (Lipinski definition) is 2. The molecule has 0 amide bonds. The third kappa shape index (κ3) is 4.37. The van der Waals surface area contributed by atoms with Gasteiger partial charge in [0, 0.05) is 6.21 Å². The van der Waals surface area contributed by atoms with Gasteiger partial charge in [0.15, 0.2) is 0 Å². The molecule has 0 aliphatic heterocycles. The molecular weight excluding hydrogens is 436 g/mol. The number of nitrogens with two attached hydrogens (primary N) is 1. The molecule has 36 heavy (non-hydrogen) atoms. The van der Waals surface area contributed by atoms with Gasteiger partial charge in [-0.2, -0.15) is 0 Å². The Morgan fingerprint density at radius 2 is 1.17 bits per heavy atom. The molecule has 0 unspecified atom stereocenters. The van der Waals surface area contributed by atoms with Gasteiger partial charge in [-0.25, -0.2) is 0 Å². The van der Waals surface area contributed by atoms with Crippen LogP contribution in [0.15, 0.2) is 128 Å². The first-order chi connectivity index (χ1) is 17.7. The van der Waals surface area contributed by atoms with E-state index in [-0.39, 0.29) is 0 Å². The van der Waals surface area contributed by atoms with Crippen LogP contribution in [0, 0.1) is 12.3 Å². The normalized spacial score (nSPS) is 11.0. The molecule has 0 radical (unpaired) electrons. The van der Waals surface area contributed by atoms with Crippen LogP contribution >= 0.6 is 0 Å². The zero-order valence-electron chi connectivity index (χ0n) is 20.3. The highest BCUT2D eigenvalue weighted by molar-refractivity contribution is 6.15. The van der Waals surface area contributed by atoms with Crippen molar-refractivity contribution in [3.05, 3.63) is 133 Å². The number of hydrogen-bond donors (Lipinski definition) is 2. The molecule has 0 atom stereocenters. The lowest BCUT2D eigenvalue weighted by atomic mass is 9.87. The van der Waals surface area contributed by atoms with Crippen LogP contribution in [-0.4, -0.2) is 6.21 Å². The Morgan fingerprint density at radius 3 is 1.89 bits per heavy atom. The number of benzene rings is 6. The number of fused-ring (bicyclic) bond motifs is 3. The maximum absolute atomic E-state index is 6.31. The fourth-order valence-electron chi connectivity index (χ4n) is 4.92. The van der Waals surface area contributed by atoms with Crippen LogP contribution in [0.4, 0.5) is 0 Å². The Hall–Kier alpha value is -4.69. The lowest BCUT2D eigenvalue weighted by Gasteiger charge is -2.16. The second-order valence-corrected chi connectivity index (χ2v) is 8.79. The number of rotatable bonds is 3. The van der Waals surface area contributed by atoms with E-state index in [1.54, 1.807) is 0 Å². The average Bonchev–Trinajstić information content (AvgIpc) is 2.94. The second-order valence-electron chi connectivity index (χ2n) is 8.79. The van der Waals surface area contributed by atoms with Gasteiger partial charge in [0.25, 0.3) is 0 Å². The molecule has 0 bridgehead atoms. The maximum atomic E-state index is 6.31. The summed E-state index contributed by atoms with van der Waals surface area (Å²) in [6.45, 7) is 2.25. The molecule has 0 saturated heterocycles. The van der Waals surface area contributed by atoms with Gasteiger partial charge >= 0.3 is 0 Å². The second kappa shape index (κ2) is 10.3. The molecule has 6 aromatic rings. The standard InChI is InChI=1S/C31H22.C3H6N2/c1-21-27-13-7-8-14-29(27)31(23-10-3-2-4-11-23)30-20-26(17-18-28(21)30)25-16-15-22-9-5-6-12-24(22)19-25;4-2-1-3-5/h2-20H,1H3;1-4H,5H2/b;3-1-,4-2?. The van der Waals surface area contributed by atoms with E-state index >= 15 is 0 Å². The molecule has 0 heterocycles. The van der Waals surface area contributed by atoms with Crippen molar-refractivity contribution < 1.29 is 0 Å². The smallest absolute Gasteiger partial charge is 0.0192 e. The van der Waals surface area contributed by atoms with Crippen LogP contribution in [0.2, 0.25) is 0 Å². The van der Waals surface area contributed by atoms with Crippen LogP contribution in [0.25, 0.3) is 54.6 Å².